The maximum absolute atomic E-state index is 11.9. The first-order valence-corrected chi connectivity index (χ1v) is 5.75. The molecule has 0 bridgehead atoms. The van der Waals surface area contributed by atoms with Crippen molar-refractivity contribution in [3.63, 3.8) is 0 Å². The Balaban J connectivity index is 2.56. The van der Waals surface area contributed by atoms with Crippen molar-refractivity contribution in [2.45, 2.75) is 45.8 Å². The summed E-state index contributed by atoms with van der Waals surface area (Å²) in [6.07, 6.45) is 0.831. The second-order valence-electron chi connectivity index (χ2n) is 5.05. The van der Waals surface area contributed by atoms with Gasteiger partial charge in [0.05, 0.1) is 25.7 Å². The van der Waals surface area contributed by atoms with Crippen molar-refractivity contribution in [2.24, 2.45) is 0 Å². The molecule has 0 saturated carbocycles. The highest BCUT2D eigenvalue weighted by Crippen LogP contribution is 2.13. The van der Waals surface area contributed by atoms with E-state index in [4.69, 9.17) is 4.74 Å². The third-order valence-corrected chi connectivity index (χ3v) is 2.55. The largest absolute Gasteiger partial charge is 0.444 e. The maximum Gasteiger partial charge on any atom is 0.410 e. The van der Waals surface area contributed by atoms with Crippen LogP contribution in [0.25, 0.3) is 0 Å². The molecule has 1 atom stereocenters. The number of nitrogens with zero attached hydrogens (tertiary/aromatic N) is 1. The van der Waals surface area contributed by atoms with Gasteiger partial charge in [-0.15, -0.1) is 0 Å². The molecule has 1 aliphatic heterocycles. The van der Waals surface area contributed by atoms with Crippen LogP contribution >= 0.6 is 0 Å². The minimum Gasteiger partial charge on any atom is -0.444 e. The van der Waals surface area contributed by atoms with E-state index in [9.17, 15) is 4.79 Å². The maximum atomic E-state index is 11.9. The van der Waals surface area contributed by atoms with Crippen LogP contribution in [0.4, 0.5) is 4.79 Å². The molecular formula is C11H23N2O2+. The van der Waals surface area contributed by atoms with Gasteiger partial charge in [-0.25, -0.2) is 4.79 Å². The van der Waals surface area contributed by atoms with Gasteiger partial charge in [0.2, 0.25) is 0 Å². The van der Waals surface area contributed by atoms with Crippen LogP contribution in [0, 0.1) is 0 Å². The van der Waals surface area contributed by atoms with Crippen molar-refractivity contribution < 1.29 is 14.8 Å². The third kappa shape index (κ3) is 3.70. The number of nitrogens with two attached hydrogens (primary N) is 1. The quantitative estimate of drug-likeness (QED) is 0.695. The normalized spacial score (nSPS) is 22.7. The van der Waals surface area contributed by atoms with Crippen LogP contribution in [0.2, 0.25) is 0 Å². The van der Waals surface area contributed by atoms with E-state index < -0.39 is 5.60 Å². The SMILES string of the molecule is CC[C@H]1C[NH2+]CCN1C(=O)OC(C)(C)C. The van der Waals surface area contributed by atoms with Gasteiger partial charge in [0.15, 0.2) is 0 Å². The number of hydrogen-bond acceptors (Lipinski definition) is 2. The third-order valence-electron chi connectivity index (χ3n) is 2.55. The molecule has 4 nitrogen and oxygen atoms in total. The lowest BCUT2D eigenvalue weighted by Crippen LogP contribution is -2.91. The highest BCUT2D eigenvalue weighted by molar-refractivity contribution is 5.68. The predicted molar refractivity (Wildman–Crippen MR) is 58.7 cm³/mol. The Kier molecular flexibility index (Phi) is 3.97. The van der Waals surface area contributed by atoms with Gasteiger partial charge in [0, 0.05) is 0 Å². The van der Waals surface area contributed by atoms with Gasteiger partial charge in [0.1, 0.15) is 5.60 Å². The highest BCUT2D eigenvalue weighted by Gasteiger charge is 2.30. The first kappa shape index (κ1) is 12.3. The lowest BCUT2D eigenvalue weighted by atomic mass is 10.1. The van der Waals surface area contributed by atoms with Gasteiger partial charge in [-0.2, -0.15) is 0 Å². The highest BCUT2D eigenvalue weighted by atomic mass is 16.6. The van der Waals surface area contributed by atoms with Crippen LogP contribution in [0.3, 0.4) is 0 Å². The van der Waals surface area contributed by atoms with Crippen LogP contribution in [0.15, 0.2) is 0 Å². The van der Waals surface area contributed by atoms with Crippen LogP contribution in [0.5, 0.6) is 0 Å². The van der Waals surface area contributed by atoms with Gasteiger partial charge < -0.3 is 10.1 Å². The average Bonchev–Trinajstić information content (AvgIpc) is 2.15. The number of carbonyl (C=O) groups excluding carboxylic acids is 1. The Bertz CT molecular complexity index is 223. The lowest BCUT2D eigenvalue weighted by Gasteiger charge is -2.34. The summed E-state index contributed by atoms with van der Waals surface area (Å²) in [7, 11) is 0. The molecule has 0 unspecified atom stereocenters. The van der Waals surface area contributed by atoms with E-state index in [0.29, 0.717) is 6.04 Å². The van der Waals surface area contributed by atoms with Crippen LogP contribution < -0.4 is 5.32 Å². The monoisotopic (exact) mass is 215 g/mol. The number of hydrogen-bond donors (Lipinski definition) is 1. The summed E-state index contributed by atoms with van der Waals surface area (Å²) in [6.45, 7) is 10.6. The first-order valence-electron chi connectivity index (χ1n) is 5.75. The summed E-state index contributed by atoms with van der Waals surface area (Å²) in [5.41, 5.74) is -0.392. The lowest BCUT2D eigenvalue weighted by molar-refractivity contribution is -0.667. The van der Waals surface area contributed by atoms with Crippen LogP contribution in [0.1, 0.15) is 34.1 Å². The number of piperazine rings is 1. The van der Waals surface area contributed by atoms with Crippen LogP contribution in [-0.2, 0) is 4.74 Å². The van der Waals surface area contributed by atoms with E-state index in [0.717, 1.165) is 26.1 Å². The fourth-order valence-electron chi connectivity index (χ4n) is 1.80. The molecule has 1 amide bonds. The number of ether oxygens (including phenoxy) is 1. The van der Waals surface area contributed by atoms with E-state index in [1.807, 2.05) is 25.7 Å². The zero-order valence-corrected chi connectivity index (χ0v) is 10.2. The molecule has 0 spiro atoms. The first-order chi connectivity index (χ1) is 6.94. The summed E-state index contributed by atoms with van der Waals surface area (Å²) in [6, 6.07) is 0.327. The van der Waals surface area contributed by atoms with Crippen molar-refractivity contribution >= 4 is 6.09 Å². The van der Waals surface area contributed by atoms with E-state index in [-0.39, 0.29) is 6.09 Å². The van der Waals surface area contributed by atoms with Crippen molar-refractivity contribution in [2.75, 3.05) is 19.6 Å². The standard InChI is InChI=1S/C11H22N2O2/c1-5-9-8-12-6-7-13(9)10(14)15-11(2,3)4/h9,12H,5-8H2,1-4H3/p+1/t9-/m0/s1. The minimum absolute atomic E-state index is 0.164. The smallest absolute Gasteiger partial charge is 0.410 e. The van der Waals surface area contributed by atoms with Crippen molar-refractivity contribution in [1.82, 2.24) is 4.90 Å². The Morgan fingerprint density at radius 2 is 2.20 bits per heavy atom. The van der Waals surface area contributed by atoms with Crippen molar-refractivity contribution in [3.05, 3.63) is 0 Å². The predicted octanol–water partition coefficient (Wildman–Crippen LogP) is 0.579. The van der Waals surface area contributed by atoms with Gasteiger partial charge in [-0.1, -0.05) is 6.92 Å². The van der Waals surface area contributed by atoms with E-state index >= 15 is 0 Å². The molecule has 4 heteroatoms. The average molecular weight is 215 g/mol. The molecule has 0 aromatic heterocycles. The summed E-state index contributed by atoms with van der Waals surface area (Å²) in [5, 5.41) is 2.26. The minimum atomic E-state index is -0.392. The van der Waals surface area contributed by atoms with Gasteiger partial charge in [-0.3, -0.25) is 4.90 Å². The summed E-state index contributed by atoms with van der Waals surface area (Å²) in [4.78, 5) is 13.7. The van der Waals surface area contributed by atoms with Gasteiger partial charge >= 0.3 is 6.09 Å². The van der Waals surface area contributed by atoms with E-state index in [1.54, 1.807) is 0 Å². The Hall–Kier alpha value is -0.770. The molecule has 0 aliphatic carbocycles. The number of rotatable bonds is 1. The van der Waals surface area contributed by atoms with Crippen LogP contribution in [-0.4, -0.2) is 42.3 Å². The zero-order valence-electron chi connectivity index (χ0n) is 10.2. The summed E-state index contributed by atoms with van der Waals surface area (Å²) in [5.74, 6) is 0. The second kappa shape index (κ2) is 4.84. The molecule has 0 radical (unpaired) electrons. The fraction of sp³-hybridized carbons (Fsp3) is 0.909. The van der Waals surface area contributed by atoms with Crippen molar-refractivity contribution in [3.8, 4) is 0 Å². The molecule has 0 aromatic carbocycles. The molecule has 15 heavy (non-hydrogen) atoms. The topological polar surface area (TPSA) is 46.2 Å². The summed E-state index contributed by atoms with van der Waals surface area (Å²) >= 11 is 0. The Morgan fingerprint density at radius 3 is 2.73 bits per heavy atom. The molecular weight excluding hydrogens is 192 g/mol. The Labute approximate surface area is 92.0 Å². The molecule has 1 saturated heterocycles. The molecule has 1 fully saturated rings. The van der Waals surface area contributed by atoms with Gasteiger partial charge in [-0.05, 0) is 27.2 Å². The van der Waals surface area contributed by atoms with Gasteiger partial charge in [0.25, 0.3) is 0 Å². The fourth-order valence-corrected chi connectivity index (χ4v) is 1.80. The molecule has 2 N–H and O–H groups in total. The molecule has 1 rings (SSSR count). The number of quaternary nitrogens is 1. The second-order valence-corrected chi connectivity index (χ2v) is 5.05. The Morgan fingerprint density at radius 1 is 1.53 bits per heavy atom. The summed E-state index contributed by atoms with van der Waals surface area (Å²) < 4.78 is 5.38. The zero-order chi connectivity index (χ0) is 11.5. The number of carbonyl (C=O) groups is 1. The molecule has 1 aliphatic rings. The van der Waals surface area contributed by atoms with E-state index in [1.165, 1.54) is 0 Å². The van der Waals surface area contributed by atoms with Crippen molar-refractivity contribution in [1.29, 1.82) is 0 Å². The molecule has 88 valence electrons. The number of amides is 1. The van der Waals surface area contributed by atoms with E-state index in [2.05, 4.69) is 12.2 Å². The molecule has 0 aromatic rings. The molecule has 1 heterocycles.